The summed E-state index contributed by atoms with van der Waals surface area (Å²) >= 11 is 5.23. The number of nitrogens with zero attached hydrogens (tertiary/aromatic N) is 3. The molecule has 2 rings (SSSR count). The quantitative estimate of drug-likeness (QED) is 0.846. The summed E-state index contributed by atoms with van der Waals surface area (Å²) in [6, 6.07) is 3.30. The van der Waals surface area contributed by atoms with E-state index in [1.807, 2.05) is 26.0 Å². The number of carbonyl (C=O) groups is 1. The van der Waals surface area contributed by atoms with Crippen LogP contribution in [0.5, 0.6) is 0 Å². The largest absolute Gasteiger partial charge is 0.352 e. The summed E-state index contributed by atoms with van der Waals surface area (Å²) in [4.78, 5) is 16.1. The number of carbonyl (C=O) groups excluding carboxylic acids is 1. The van der Waals surface area contributed by atoms with Gasteiger partial charge in [-0.05, 0) is 45.1 Å². The van der Waals surface area contributed by atoms with Crippen molar-refractivity contribution in [3.05, 3.63) is 29.3 Å². The monoisotopic (exact) mass is 291 g/mol. The number of H-pyrrole nitrogens is 1. The lowest BCUT2D eigenvalue weighted by Crippen LogP contribution is -2.36. The molecule has 20 heavy (non-hydrogen) atoms. The SMILES string of the molecule is CC(C)NC(=O)C(C)n1c(-c2ccncc2)n[nH]c1=S. The second-order valence-corrected chi connectivity index (χ2v) is 5.18. The van der Waals surface area contributed by atoms with Crippen LogP contribution in [0.2, 0.25) is 0 Å². The average molecular weight is 291 g/mol. The van der Waals surface area contributed by atoms with Gasteiger partial charge in [0, 0.05) is 24.0 Å². The molecule has 2 N–H and O–H groups in total. The van der Waals surface area contributed by atoms with Gasteiger partial charge < -0.3 is 5.32 Å². The normalized spacial score (nSPS) is 12.4. The van der Waals surface area contributed by atoms with Crippen molar-refractivity contribution in [2.75, 3.05) is 0 Å². The lowest BCUT2D eigenvalue weighted by molar-refractivity contribution is -0.124. The Morgan fingerprint density at radius 3 is 2.60 bits per heavy atom. The molecule has 7 heteroatoms. The van der Waals surface area contributed by atoms with E-state index < -0.39 is 6.04 Å². The number of aromatic amines is 1. The van der Waals surface area contributed by atoms with Crippen LogP contribution in [0.15, 0.2) is 24.5 Å². The Bertz CT molecular complexity index is 646. The summed E-state index contributed by atoms with van der Waals surface area (Å²) in [5.41, 5.74) is 0.858. The summed E-state index contributed by atoms with van der Waals surface area (Å²) in [5.74, 6) is 0.539. The van der Waals surface area contributed by atoms with Crippen LogP contribution in [0.3, 0.4) is 0 Å². The molecule has 106 valence electrons. The van der Waals surface area contributed by atoms with Crippen LogP contribution in [-0.2, 0) is 4.79 Å². The van der Waals surface area contributed by atoms with Gasteiger partial charge in [-0.1, -0.05) is 0 Å². The van der Waals surface area contributed by atoms with Crippen LogP contribution in [0.1, 0.15) is 26.8 Å². The van der Waals surface area contributed by atoms with Gasteiger partial charge in [-0.15, -0.1) is 0 Å². The van der Waals surface area contributed by atoms with Crippen molar-refractivity contribution in [2.45, 2.75) is 32.9 Å². The van der Waals surface area contributed by atoms with Gasteiger partial charge in [-0.2, -0.15) is 5.10 Å². The predicted molar refractivity (Wildman–Crippen MR) is 78.6 cm³/mol. The van der Waals surface area contributed by atoms with E-state index in [1.54, 1.807) is 23.9 Å². The molecule has 1 atom stereocenters. The van der Waals surface area contributed by atoms with Gasteiger partial charge in [-0.25, -0.2) is 0 Å². The Morgan fingerprint density at radius 1 is 1.35 bits per heavy atom. The highest BCUT2D eigenvalue weighted by atomic mass is 32.1. The Kier molecular flexibility index (Phi) is 4.29. The standard InChI is InChI=1S/C13H17N5OS/c1-8(2)15-12(19)9(3)18-11(16-17-13(18)20)10-4-6-14-7-5-10/h4-9H,1-3H3,(H,15,19)(H,17,20). The minimum Gasteiger partial charge on any atom is -0.352 e. The van der Waals surface area contributed by atoms with Gasteiger partial charge in [0.05, 0.1) is 0 Å². The molecule has 2 aromatic rings. The topological polar surface area (TPSA) is 75.6 Å². The molecule has 0 saturated heterocycles. The molecule has 0 aromatic carbocycles. The third-order valence-electron chi connectivity index (χ3n) is 2.84. The van der Waals surface area contributed by atoms with E-state index >= 15 is 0 Å². The average Bonchev–Trinajstić information content (AvgIpc) is 2.80. The highest BCUT2D eigenvalue weighted by Crippen LogP contribution is 2.20. The molecule has 1 unspecified atom stereocenters. The first-order valence-electron chi connectivity index (χ1n) is 6.38. The Labute approximate surface area is 122 Å². The first-order chi connectivity index (χ1) is 9.50. The van der Waals surface area contributed by atoms with Crippen molar-refractivity contribution in [1.29, 1.82) is 0 Å². The summed E-state index contributed by atoms with van der Waals surface area (Å²) in [7, 11) is 0. The van der Waals surface area contributed by atoms with Crippen molar-refractivity contribution >= 4 is 18.1 Å². The lowest BCUT2D eigenvalue weighted by Gasteiger charge is -2.17. The van der Waals surface area contributed by atoms with E-state index in [9.17, 15) is 4.79 Å². The molecule has 0 fully saturated rings. The fourth-order valence-corrected chi connectivity index (χ4v) is 2.18. The molecule has 0 aliphatic carbocycles. The summed E-state index contributed by atoms with van der Waals surface area (Å²) < 4.78 is 2.13. The molecule has 0 radical (unpaired) electrons. The zero-order valence-corrected chi connectivity index (χ0v) is 12.4. The summed E-state index contributed by atoms with van der Waals surface area (Å²) in [6.07, 6.45) is 3.35. The number of amides is 1. The van der Waals surface area contributed by atoms with E-state index in [-0.39, 0.29) is 11.9 Å². The second-order valence-electron chi connectivity index (χ2n) is 4.80. The number of hydrogen-bond donors (Lipinski definition) is 2. The zero-order valence-electron chi connectivity index (χ0n) is 11.6. The Morgan fingerprint density at radius 2 is 2.00 bits per heavy atom. The van der Waals surface area contributed by atoms with Crippen LogP contribution < -0.4 is 5.32 Å². The molecule has 0 bridgehead atoms. The number of nitrogens with one attached hydrogen (secondary N) is 2. The van der Waals surface area contributed by atoms with Gasteiger partial charge >= 0.3 is 0 Å². The highest BCUT2D eigenvalue weighted by Gasteiger charge is 2.21. The molecule has 2 aromatic heterocycles. The van der Waals surface area contributed by atoms with Crippen molar-refractivity contribution in [3.63, 3.8) is 0 Å². The minimum atomic E-state index is -0.438. The van der Waals surface area contributed by atoms with E-state index in [4.69, 9.17) is 12.2 Å². The summed E-state index contributed by atoms with van der Waals surface area (Å²) in [6.45, 7) is 5.64. The molecular formula is C13H17N5OS. The van der Waals surface area contributed by atoms with Gasteiger partial charge in [-0.3, -0.25) is 19.4 Å². The fourth-order valence-electron chi connectivity index (χ4n) is 1.89. The van der Waals surface area contributed by atoms with Crippen LogP contribution in [0, 0.1) is 4.77 Å². The molecule has 1 amide bonds. The maximum absolute atomic E-state index is 12.2. The van der Waals surface area contributed by atoms with Crippen molar-refractivity contribution < 1.29 is 4.79 Å². The van der Waals surface area contributed by atoms with E-state index in [2.05, 4.69) is 20.5 Å². The van der Waals surface area contributed by atoms with Crippen molar-refractivity contribution in [3.8, 4) is 11.4 Å². The predicted octanol–water partition coefficient (Wildman–Crippen LogP) is 2.09. The molecule has 6 nitrogen and oxygen atoms in total. The first-order valence-corrected chi connectivity index (χ1v) is 6.79. The van der Waals surface area contributed by atoms with Gasteiger partial charge in [0.25, 0.3) is 0 Å². The van der Waals surface area contributed by atoms with Crippen molar-refractivity contribution in [1.82, 2.24) is 25.1 Å². The maximum atomic E-state index is 12.2. The van der Waals surface area contributed by atoms with Gasteiger partial charge in [0.15, 0.2) is 10.6 Å². The smallest absolute Gasteiger partial charge is 0.243 e. The number of hydrogen-bond acceptors (Lipinski definition) is 4. The number of rotatable bonds is 4. The Hall–Kier alpha value is -2.02. The van der Waals surface area contributed by atoms with Crippen LogP contribution in [0.4, 0.5) is 0 Å². The molecule has 2 heterocycles. The van der Waals surface area contributed by atoms with Crippen LogP contribution in [0.25, 0.3) is 11.4 Å². The van der Waals surface area contributed by atoms with E-state index in [0.29, 0.717) is 10.6 Å². The van der Waals surface area contributed by atoms with Crippen LogP contribution in [-0.4, -0.2) is 31.7 Å². The number of aromatic nitrogens is 4. The minimum absolute atomic E-state index is 0.0791. The number of pyridine rings is 1. The highest BCUT2D eigenvalue weighted by molar-refractivity contribution is 7.71. The zero-order chi connectivity index (χ0) is 14.7. The van der Waals surface area contributed by atoms with Crippen molar-refractivity contribution in [2.24, 2.45) is 0 Å². The molecule has 0 saturated carbocycles. The molecular weight excluding hydrogens is 274 g/mol. The third-order valence-corrected chi connectivity index (χ3v) is 3.13. The first kappa shape index (κ1) is 14.4. The van der Waals surface area contributed by atoms with Gasteiger partial charge in [0.2, 0.25) is 5.91 Å². The van der Waals surface area contributed by atoms with E-state index in [1.165, 1.54) is 0 Å². The summed E-state index contributed by atoms with van der Waals surface area (Å²) in [5, 5.41) is 9.82. The van der Waals surface area contributed by atoms with E-state index in [0.717, 1.165) is 5.56 Å². The maximum Gasteiger partial charge on any atom is 0.243 e. The molecule has 0 spiro atoms. The second kappa shape index (κ2) is 5.96. The fraction of sp³-hybridized carbons (Fsp3) is 0.385. The molecule has 0 aliphatic rings. The third kappa shape index (κ3) is 2.93. The molecule has 0 aliphatic heterocycles. The van der Waals surface area contributed by atoms with Crippen LogP contribution >= 0.6 is 12.2 Å². The van der Waals surface area contributed by atoms with Gasteiger partial charge in [0.1, 0.15) is 6.04 Å². The lowest BCUT2D eigenvalue weighted by atomic mass is 10.2. The Balaban J connectivity index is 2.40.